The van der Waals surface area contributed by atoms with Crippen molar-refractivity contribution in [3.05, 3.63) is 95.9 Å². The van der Waals surface area contributed by atoms with Gasteiger partial charge in [0.15, 0.2) is 0 Å². The minimum atomic E-state index is -3.95. The SMILES string of the molecule is Cc1ccc(S(=O)(=O)N/N=C2/C(=O)c3c(nn(-c4ccccc4)c3-c3cccnc3)CC2(C)C)cc1. The third-order valence-corrected chi connectivity index (χ3v) is 7.42. The van der Waals surface area contributed by atoms with Crippen molar-refractivity contribution in [2.45, 2.75) is 32.1 Å². The van der Waals surface area contributed by atoms with Crippen LogP contribution >= 0.6 is 0 Å². The molecule has 1 aliphatic carbocycles. The first-order valence-electron chi connectivity index (χ1n) is 11.5. The van der Waals surface area contributed by atoms with Crippen LogP contribution in [-0.2, 0) is 16.4 Å². The predicted octanol–water partition coefficient (Wildman–Crippen LogP) is 4.34. The summed E-state index contributed by atoms with van der Waals surface area (Å²) >= 11 is 0. The van der Waals surface area contributed by atoms with Crippen LogP contribution < -0.4 is 4.83 Å². The third-order valence-electron chi connectivity index (χ3n) is 6.20. The predicted molar refractivity (Wildman–Crippen MR) is 138 cm³/mol. The second-order valence-corrected chi connectivity index (χ2v) is 11.1. The van der Waals surface area contributed by atoms with Crippen LogP contribution in [-0.4, -0.2) is 34.7 Å². The van der Waals surface area contributed by atoms with Gasteiger partial charge in [-0.05, 0) is 43.3 Å². The minimum Gasteiger partial charge on any atom is -0.287 e. The number of rotatable bonds is 5. The van der Waals surface area contributed by atoms with E-state index in [0.717, 1.165) is 16.8 Å². The molecule has 182 valence electrons. The molecule has 0 aliphatic heterocycles. The number of pyridine rings is 1. The molecule has 0 radical (unpaired) electrons. The molecule has 2 heterocycles. The lowest BCUT2D eigenvalue weighted by Crippen LogP contribution is -2.40. The summed E-state index contributed by atoms with van der Waals surface area (Å²) in [5, 5.41) is 9.00. The monoisotopic (exact) mass is 499 g/mol. The lowest BCUT2D eigenvalue weighted by Gasteiger charge is -2.29. The van der Waals surface area contributed by atoms with Gasteiger partial charge in [-0.2, -0.15) is 23.4 Å². The average Bonchev–Trinajstić information content (AvgIpc) is 3.23. The number of nitrogens with one attached hydrogen (secondary N) is 1. The largest absolute Gasteiger partial charge is 0.287 e. The molecule has 0 spiro atoms. The van der Waals surface area contributed by atoms with Gasteiger partial charge < -0.3 is 0 Å². The van der Waals surface area contributed by atoms with Crippen LogP contribution in [0.3, 0.4) is 0 Å². The van der Waals surface area contributed by atoms with E-state index in [9.17, 15) is 13.2 Å². The first-order valence-corrected chi connectivity index (χ1v) is 12.9. The van der Waals surface area contributed by atoms with Crippen LogP contribution in [0.4, 0.5) is 0 Å². The summed E-state index contributed by atoms with van der Waals surface area (Å²) in [6, 6.07) is 19.7. The van der Waals surface area contributed by atoms with E-state index >= 15 is 0 Å². The first kappa shape index (κ1) is 23.6. The maximum atomic E-state index is 13.9. The van der Waals surface area contributed by atoms with Crippen molar-refractivity contribution in [1.29, 1.82) is 0 Å². The van der Waals surface area contributed by atoms with E-state index in [-0.39, 0.29) is 16.4 Å². The number of aromatic nitrogens is 3. The Morgan fingerprint density at radius 3 is 2.39 bits per heavy atom. The number of carbonyl (C=O) groups excluding carboxylic acids is 1. The Balaban J connectivity index is 1.63. The number of carbonyl (C=O) groups is 1. The molecule has 0 atom stereocenters. The Morgan fingerprint density at radius 1 is 1.00 bits per heavy atom. The number of hydrogen-bond donors (Lipinski definition) is 1. The third kappa shape index (κ3) is 4.22. The van der Waals surface area contributed by atoms with Crippen molar-refractivity contribution >= 4 is 21.5 Å². The van der Waals surface area contributed by atoms with Gasteiger partial charge in [-0.15, -0.1) is 0 Å². The van der Waals surface area contributed by atoms with E-state index in [1.807, 2.05) is 57.2 Å². The zero-order valence-electron chi connectivity index (χ0n) is 20.1. The summed E-state index contributed by atoms with van der Waals surface area (Å²) < 4.78 is 27.5. The number of benzene rings is 2. The minimum absolute atomic E-state index is 0.0761. The molecule has 0 fully saturated rings. The fraction of sp³-hybridized carbons (Fsp3) is 0.185. The molecule has 4 aromatic rings. The van der Waals surface area contributed by atoms with Crippen LogP contribution in [0.5, 0.6) is 0 Å². The quantitative estimate of drug-likeness (QED) is 0.411. The lowest BCUT2D eigenvalue weighted by molar-refractivity contribution is 0.104. The van der Waals surface area contributed by atoms with Crippen LogP contribution in [0.2, 0.25) is 0 Å². The van der Waals surface area contributed by atoms with Crippen molar-refractivity contribution < 1.29 is 13.2 Å². The first-order chi connectivity index (χ1) is 17.2. The number of hydrazone groups is 1. The average molecular weight is 500 g/mol. The molecule has 2 aromatic carbocycles. The number of Topliss-reactive ketones (excluding diaryl/α,β-unsaturated/α-hetero) is 1. The Bertz CT molecular complexity index is 1570. The normalized spacial score (nSPS) is 16.1. The molecule has 0 amide bonds. The highest BCUT2D eigenvalue weighted by molar-refractivity contribution is 7.89. The summed E-state index contributed by atoms with van der Waals surface area (Å²) in [5.74, 6) is -0.367. The van der Waals surface area contributed by atoms with Crippen molar-refractivity contribution in [1.82, 2.24) is 19.6 Å². The number of hydrogen-bond acceptors (Lipinski definition) is 6. The standard InChI is InChI=1S/C27H25N5O3S/c1-18-11-13-21(14-12-18)36(34,35)31-29-26-25(33)23-22(16-27(26,2)3)30-32(20-9-5-4-6-10-20)24(23)19-8-7-15-28-17-19/h4-15,17,31H,16H2,1-3H3/b29-26-. The molecule has 0 unspecified atom stereocenters. The van der Waals surface area contributed by atoms with Gasteiger partial charge in [0, 0.05) is 29.8 Å². The van der Waals surface area contributed by atoms with Gasteiger partial charge in [0.2, 0.25) is 5.78 Å². The highest BCUT2D eigenvalue weighted by Crippen LogP contribution is 2.38. The van der Waals surface area contributed by atoms with Gasteiger partial charge in [-0.1, -0.05) is 49.7 Å². The second kappa shape index (κ2) is 8.83. The highest BCUT2D eigenvalue weighted by atomic mass is 32.2. The van der Waals surface area contributed by atoms with Crippen LogP contribution in [0.1, 0.15) is 35.5 Å². The molecular formula is C27H25N5O3S. The zero-order valence-corrected chi connectivity index (χ0v) is 21.0. The molecular weight excluding hydrogens is 474 g/mol. The number of fused-ring (bicyclic) bond motifs is 1. The molecule has 9 heteroatoms. The van der Waals surface area contributed by atoms with Gasteiger partial charge in [-0.25, -0.2) is 4.68 Å². The number of ketones is 1. The molecule has 1 N–H and O–H groups in total. The Morgan fingerprint density at radius 2 is 1.72 bits per heavy atom. The summed E-state index contributed by atoms with van der Waals surface area (Å²) in [5.41, 5.74) is 3.48. The molecule has 36 heavy (non-hydrogen) atoms. The van der Waals surface area contributed by atoms with Crippen molar-refractivity contribution in [2.75, 3.05) is 0 Å². The summed E-state index contributed by atoms with van der Waals surface area (Å²) in [7, 11) is -3.95. The van der Waals surface area contributed by atoms with Crippen LogP contribution in [0, 0.1) is 12.3 Å². The summed E-state index contributed by atoms with van der Waals surface area (Å²) in [6.45, 7) is 5.59. The van der Waals surface area contributed by atoms with Crippen LogP contribution in [0.15, 0.2) is 89.1 Å². The molecule has 0 saturated heterocycles. The van der Waals surface area contributed by atoms with Gasteiger partial charge in [0.25, 0.3) is 10.0 Å². The van der Waals surface area contributed by atoms with Gasteiger partial charge in [0.1, 0.15) is 5.71 Å². The second-order valence-electron chi connectivity index (χ2n) is 9.42. The van der Waals surface area contributed by atoms with E-state index in [0.29, 0.717) is 23.4 Å². The number of aryl methyl sites for hydroxylation is 1. The smallest absolute Gasteiger partial charge is 0.276 e. The van der Waals surface area contributed by atoms with E-state index in [1.54, 1.807) is 35.3 Å². The Kier molecular flexibility index (Phi) is 5.80. The van der Waals surface area contributed by atoms with Gasteiger partial charge in [0.05, 0.1) is 27.5 Å². The molecule has 2 aromatic heterocycles. The number of nitrogens with zero attached hydrogens (tertiary/aromatic N) is 4. The van der Waals surface area contributed by atoms with Gasteiger partial charge in [-0.3, -0.25) is 9.78 Å². The maximum Gasteiger partial charge on any atom is 0.276 e. The number of sulfonamides is 1. The van der Waals surface area contributed by atoms with Crippen molar-refractivity contribution in [3.63, 3.8) is 0 Å². The Hall–Kier alpha value is -4.11. The van der Waals surface area contributed by atoms with Crippen LogP contribution in [0.25, 0.3) is 16.9 Å². The van der Waals surface area contributed by atoms with Gasteiger partial charge >= 0.3 is 0 Å². The van der Waals surface area contributed by atoms with E-state index in [4.69, 9.17) is 5.10 Å². The molecule has 0 bridgehead atoms. The van der Waals surface area contributed by atoms with E-state index in [2.05, 4.69) is 14.9 Å². The highest BCUT2D eigenvalue weighted by Gasteiger charge is 2.43. The van der Waals surface area contributed by atoms with Crippen molar-refractivity contribution in [2.24, 2.45) is 10.5 Å². The fourth-order valence-corrected chi connectivity index (χ4v) is 5.17. The summed E-state index contributed by atoms with van der Waals surface area (Å²) in [6.07, 6.45) is 3.75. The van der Waals surface area contributed by atoms with E-state index in [1.165, 1.54) is 12.1 Å². The Labute approximate surface area is 209 Å². The summed E-state index contributed by atoms with van der Waals surface area (Å²) in [4.78, 5) is 20.5. The van der Waals surface area contributed by atoms with E-state index < -0.39 is 15.4 Å². The maximum absolute atomic E-state index is 13.9. The topological polar surface area (TPSA) is 106 Å². The molecule has 5 rings (SSSR count). The fourth-order valence-electron chi connectivity index (χ4n) is 4.36. The van der Waals surface area contributed by atoms with Crippen molar-refractivity contribution in [3.8, 4) is 16.9 Å². The molecule has 1 aliphatic rings. The number of para-hydroxylation sites is 1. The molecule has 8 nitrogen and oxygen atoms in total. The molecule has 0 saturated carbocycles. The lowest BCUT2D eigenvalue weighted by atomic mass is 9.73. The zero-order chi connectivity index (χ0) is 25.5.